The first kappa shape index (κ1) is 13.8. The zero-order chi connectivity index (χ0) is 13.0. The SMILES string of the molecule is CC1CCCC(C(N)=O)(N2CCCNCC2)CC1. The molecular weight excluding hydrogens is 226 g/mol. The Labute approximate surface area is 110 Å². The number of nitrogens with zero attached hydrogens (tertiary/aromatic N) is 1. The fourth-order valence-corrected chi connectivity index (χ4v) is 3.49. The molecule has 18 heavy (non-hydrogen) atoms. The van der Waals surface area contributed by atoms with Crippen LogP contribution in [0.15, 0.2) is 0 Å². The van der Waals surface area contributed by atoms with E-state index in [2.05, 4.69) is 17.1 Å². The molecular formula is C14H27N3O. The van der Waals surface area contributed by atoms with Gasteiger partial charge in [-0.3, -0.25) is 9.69 Å². The first-order chi connectivity index (χ1) is 8.65. The molecule has 4 nitrogen and oxygen atoms in total. The Morgan fingerprint density at radius 2 is 2.06 bits per heavy atom. The normalized spacial score (nSPS) is 35.7. The highest BCUT2D eigenvalue weighted by Crippen LogP contribution is 2.35. The van der Waals surface area contributed by atoms with E-state index >= 15 is 0 Å². The maximum absolute atomic E-state index is 12.1. The van der Waals surface area contributed by atoms with Crippen LogP contribution in [0.3, 0.4) is 0 Å². The second-order valence-electron chi connectivity index (χ2n) is 6.02. The van der Waals surface area contributed by atoms with Gasteiger partial charge in [-0.2, -0.15) is 0 Å². The molecule has 1 heterocycles. The molecule has 2 aliphatic rings. The van der Waals surface area contributed by atoms with Crippen LogP contribution in [0.4, 0.5) is 0 Å². The fraction of sp³-hybridized carbons (Fsp3) is 0.929. The summed E-state index contributed by atoms with van der Waals surface area (Å²) in [5, 5.41) is 3.40. The Morgan fingerprint density at radius 1 is 1.22 bits per heavy atom. The molecule has 104 valence electrons. The number of amides is 1. The van der Waals surface area contributed by atoms with Crippen LogP contribution in [0.1, 0.15) is 45.4 Å². The molecule has 1 amide bonds. The van der Waals surface area contributed by atoms with Crippen LogP contribution in [-0.4, -0.2) is 42.5 Å². The van der Waals surface area contributed by atoms with Crippen LogP contribution < -0.4 is 11.1 Å². The van der Waals surface area contributed by atoms with Crippen LogP contribution in [0.25, 0.3) is 0 Å². The molecule has 4 heteroatoms. The number of nitrogens with one attached hydrogen (secondary N) is 1. The molecule has 0 aromatic heterocycles. The Balaban J connectivity index is 2.16. The van der Waals surface area contributed by atoms with Gasteiger partial charge in [0.25, 0.3) is 0 Å². The average molecular weight is 253 g/mol. The minimum absolute atomic E-state index is 0.0986. The van der Waals surface area contributed by atoms with Gasteiger partial charge in [0.05, 0.1) is 0 Å². The van der Waals surface area contributed by atoms with E-state index in [-0.39, 0.29) is 11.4 Å². The lowest BCUT2D eigenvalue weighted by Crippen LogP contribution is -2.58. The lowest BCUT2D eigenvalue weighted by atomic mass is 9.86. The molecule has 1 aliphatic heterocycles. The number of carbonyl (C=O) groups excluding carboxylic acids is 1. The number of hydrogen-bond acceptors (Lipinski definition) is 3. The van der Waals surface area contributed by atoms with E-state index in [4.69, 9.17) is 5.73 Å². The monoisotopic (exact) mass is 253 g/mol. The second kappa shape index (κ2) is 6.02. The van der Waals surface area contributed by atoms with Crippen LogP contribution in [-0.2, 0) is 4.79 Å². The van der Waals surface area contributed by atoms with Gasteiger partial charge in [0.2, 0.25) is 5.91 Å². The Bertz CT molecular complexity index is 287. The highest BCUT2D eigenvalue weighted by Gasteiger charge is 2.42. The zero-order valence-electron chi connectivity index (χ0n) is 11.6. The smallest absolute Gasteiger partial charge is 0.237 e. The molecule has 1 saturated carbocycles. The van der Waals surface area contributed by atoms with Crippen molar-refractivity contribution in [3.05, 3.63) is 0 Å². The van der Waals surface area contributed by atoms with E-state index in [0.29, 0.717) is 0 Å². The Kier molecular flexibility index (Phi) is 4.62. The maximum Gasteiger partial charge on any atom is 0.237 e. The van der Waals surface area contributed by atoms with Crippen molar-refractivity contribution in [2.45, 2.75) is 51.0 Å². The zero-order valence-corrected chi connectivity index (χ0v) is 11.6. The summed E-state index contributed by atoms with van der Waals surface area (Å²) in [4.78, 5) is 14.5. The molecule has 2 atom stereocenters. The number of rotatable bonds is 2. The van der Waals surface area contributed by atoms with Crippen molar-refractivity contribution in [3.8, 4) is 0 Å². The van der Waals surface area contributed by atoms with Crippen LogP contribution in [0.5, 0.6) is 0 Å². The van der Waals surface area contributed by atoms with Crippen molar-refractivity contribution < 1.29 is 4.79 Å². The lowest BCUT2D eigenvalue weighted by Gasteiger charge is -2.40. The van der Waals surface area contributed by atoms with Crippen molar-refractivity contribution in [2.75, 3.05) is 26.2 Å². The van der Waals surface area contributed by atoms with E-state index in [1.165, 1.54) is 6.42 Å². The van der Waals surface area contributed by atoms with Crippen LogP contribution in [0.2, 0.25) is 0 Å². The van der Waals surface area contributed by atoms with E-state index in [9.17, 15) is 4.79 Å². The average Bonchev–Trinajstić information content (AvgIpc) is 2.70. The second-order valence-corrected chi connectivity index (χ2v) is 6.02. The van der Waals surface area contributed by atoms with Crippen molar-refractivity contribution >= 4 is 5.91 Å². The van der Waals surface area contributed by atoms with Gasteiger partial charge >= 0.3 is 0 Å². The van der Waals surface area contributed by atoms with Crippen LogP contribution in [0, 0.1) is 5.92 Å². The summed E-state index contributed by atoms with van der Waals surface area (Å²) in [6.07, 6.45) is 6.52. The lowest BCUT2D eigenvalue weighted by molar-refractivity contribution is -0.131. The first-order valence-corrected chi connectivity index (χ1v) is 7.41. The standard InChI is InChI=1S/C14H27N3O/c1-12-4-2-6-14(7-5-12,13(15)18)17-10-3-8-16-9-11-17/h12,16H,2-11H2,1H3,(H2,15,18). The van der Waals surface area contributed by atoms with Crippen LogP contribution >= 0.6 is 0 Å². The predicted molar refractivity (Wildman–Crippen MR) is 73.2 cm³/mol. The number of primary amides is 1. The third kappa shape index (κ3) is 2.86. The summed E-state index contributed by atoms with van der Waals surface area (Å²) >= 11 is 0. The Hall–Kier alpha value is -0.610. The van der Waals surface area contributed by atoms with E-state index in [1.807, 2.05) is 0 Å². The molecule has 2 rings (SSSR count). The molecule has 0 aromatic rings. The molecule has 3 N–H and O–H groups in total. The molecule has 2 unspecified atom stereocenters. The maximum atomic E-state index is 12.1. The van der Waals surface area contributed by atoms with Crippen molar-refractivity contribution in [3.63, 3.8) is 0 Å². The minimum atomic E-state index is -0.364. The molecule has 0 radical (unpaired) electrons. The van der Waals surface area contributed by atoms with Gasteiger partial charge in [0.15, 0.2) is 0 Å². The summed E-state index contributed by atoms with van der Waals surface area (Å²) in [6, 6.07) is 0. The highest BCUT2D eigenvalue weighted by atomic mass is 16.1. The minimum Gasteiger partial charge on any atom is -0.368 e. The molecule has 1 saturated heterocycles. The van der Waals surface area contributed by atoms with Crippen molar-refractivity contribution in [1.29, 1.82) is 0 Å². The number of carbonyl (C=O) groups is 1. The van der Waals surface area contributed by atoms with E-state index < -0.39 is 0 Å². The third-order valence-corrected chi connectivity index (χ3v) is 4.74. The summed E-state index contributed by atoms with van der Waals surface area (Å²) in [5.74, 6) is 0.634. The topological polar surface area (TPSA) is 58.4 Å². The Morgan fingerprint density at radius 3 is 2.83 bits per heavy atom. The first-order valence-electron chi connectivity index (χ1n) is 7.41. The van der Waals surface area contributed by atoms with Crippen molar-refractivity contribution in [1.82, 2.24) is 10.2 Å². The molecule has 0 spiro atoms. The van der Waals surface area contributed by atoms with Gasteiger partial charge in [-0.05, 0) is 38.1 Å². The third-order valence-electron chi connectivity index (χ3n) is 4.74. The van der Waals surface area contributed by atoms with Gasteiger partial charge in [-0.1, -0.05) is 19.8 Å². The van der Waals surface area contributed by atoms with Crippen molar-refractivity contribution in [2.24, 2.45) is 11.7 Å². The summed E-state index contributed by atoms with van der Waals surface area (Å²) in [6.45, 7) is 6.29. The predicted octanol–water partition coefficient (Wildman–Crippen LogP) is 1.11. The summed E-state index contributed by atoms with van der Waals surface area (Å²) in [5.41, 5.74) is 5.43. The summed E-state index contributed by atoms with van der Waals surface area (Å²) in [7, 11) is 0. The highest BCUT2D eigenvalue weighted by molar-refractivity contribution is 5.84. The van der Waals surface area contributed by atoms with Gasteiger partial charge in [-0.15, -0.1) is 0 Å². The van der Waals surface area contributed by atoms with Gasteiger partial charge < -0.3 is 11.1 Å². The molecule has 1 aliphatic carbocycles. The largest absolute Gasteiger partial charge is 0.368 e. The number of hydrogen-bond donors (Lipinski definition) is 2. The number of nitrogens with two attached hydrogens (primary N) is 1. The molecule has 0 aromatic carbocycles. The fourth-order valence-electron chi connectivity index (χ4n) is 3.49. The van der Waals surface area contributed by atoms with Gasteiger partial charge in [-0.25, -0.2) is 0 Å². The molecule has 0 bridgehead atoms. The molecule has 2 fully saturated rings. The van der Waals surface area contributed by atoms with Gasteiger partial charge in [0, 0.05) is 19.6 Å². The summed E-state index contributed by atoms with van der Waals surface area (Å²) < 4.78 is 0. The van der Waals surface area contributed by atoms with Gasteiger partial charge in [0.1, 0.15) is 5.54 Å². The quantitative estimate of drug-likeness (QED) is 0.725. The van der Waals surface area contributed by atoms with E-state index in [1.54, 1.807) is 0 Å². The van der Waals surface area contributed by atoms with E-state index in [0.717, 1.165) is 64.2 Å².